The van der Waals surface area contributed by atoms with Crippen LogP contribution in [0.5, 0.6) is 0 Å². The number of esters is 2. The Morgan fingerprint density at radius 2 is 0.817 bits per heavy atom. The maximum atomic E-state index is 12.7. The summed E-state index contributed by atoms with van der Waals surface area (Å²) in [5.74, 6) is -0.909. The molecule has 11 heteroatoms. The van der Waals surface area contributed by atoms with Gasteiger partial charge in [0.25, 0.3) is 0 Å². The number of hydrogen-bond donors (Lipinski definition) is 3. The lowest BCUT2D eigenvalue weighted by molar-refractivity contribution is -0.161. The molecular formula is C49H95O10P. The number of unbranched alkanes of at least 4 members (excludes halogenated alkanes) is 32. The predicted molar refractivity (Wildman–Crippen MR) is 247 cm³/mol. The van der Waals surface area contributed by atoms with Crippen LogP contribution >= 0.6 is 7.82 Å². The van der Waals surface area contributed by atoms with Crippen LogP contribution in [0.1, 0.15) is 251 Å². The van der Waals surface area contributed by atoms with Crippen molar-refractivity contribution in [3.8, 4) is 0 Å². The lowest BCUT2D eigenvalue weighted by atomic mass is 10.0. The second-order valence-electron chi connectivity index (χ2n) is 17.2. The van der Waals surface area contributed by atoms with Crippen molar-refractivity contribution < 1.29 is 47.8 Å². The van der Waals surface area contributed by atoms with Crippen molar-refractivity contribution in [3.05, 3.63) is 12.2 Å². The third kappa shape index (κ3) is 44.8. The van der Waals surface area contributed by atoms with Gasteiger partial charge in [0.1, 0.15) is 12.7 Å². The summed E-state index contributed by atoms with van der Waals surface area (Å²) in [7, 11) is -4.62. The molecule has 0 aliphatic carbocycles. The zero-order valence-electron chi connectivity index (χ0n) is 38.9. The fraction of sp³-hybridized carbons (Fsp3) is 0.918. The molecule has 60 heavy (non-hydrogen) atoms. The Balaban J connectivity index is 4.15. The quantitative estimate of drug-likeness (QED) is 0.0233. The van der Waals surface area contributed by atoms with Crippen LogP contribution in [0.4, 0.5) is 0 Å². The molecule has 356 valence electrons. The zero-order valence-corrected chi connectivity index (χ0v) is 39.8. The summed E-state index contributed by atoms with van der Waals surface area (Å²) in [6.07, 6.45) is 46.0. The average molecular weight is 875 g/mol. The minimum Gasteiger partial charge on any atom is -0.462 e. The van der Waals surface area contributed by atoms with E-state index in [0.29, 0.717) is 12.8 Å². The maximum absolute atomic E-state index is 12.7. The van der Waals surface area contributed by atoms with Gasteiger partial charge in [-0.3, -0.25) is 18.6 Å². The molecular weight excluding hydrogens is 780 g/mol. The van der Waals surface area contributed by atoms with Gasteiger partial charge in [-0.15, -0.1) is 0 Å². The number of carbonyl (C=O) groups excluding carboxylic acids is 2. The molecule has 3 atom stereocenters. The summed E-state index contributed by atoms with van der Waals surface area (Å²) in [6, 6.07) is 0. The van der Waals surface area contributed by atoms with Gasteiger partial charge < -0.3 is 24.6 Å². The van der Waals surface area contributed by atoms with Crippen molar-refractivity contribution in [1.82, 2.24) is 0 Å². The van der Waals surface area contributed by atoms with E-state index < -0.39 is 51.8 Å². The fourth-order valence-electron chi connectivity index (χ4n) is 7.28. The molecule has 0 aromatic rings. The van der Waals surface area contributed by atoms with E-state index in [0.717, 1.165) is 32.1 Å². The minimum absolute atomic E-state index is 0.188. The summed E-state index contributed by atoms with van der Waals surface area (Å²) < 4.78 is 32.9. The highest BCUT2D eigenvalue weighted by Gasteiger charge is 2.27. The van der Waals surface area contributed by atoms with E-state index in [1.165, 1.54) is 180 Å². The van der Waals surface area contributed by atoms with Gasteiger partial charge >= 0.3 is 19.8 Å². The minimum atomic E-state index is -4.62. The second kappa shape index (κ2) is 45.7. The molecule has 0 rings (SSSR count). The maximum Gasteiger partial charge on any atom is 0.472 e. The smallest absolute Gasteiger partial charge is 0.462 e. The van der Waals surface area contributed by atoms with Gasteiger partial charge in [0, 0.05) is 12.8 Å². The molecule has 0 spiro atoms. The Kier molecular flexibility index (Phi) is 44.7. The molecule has 3 N–H and O–H groups in total. The molecule has 0 aliphatic heterocycles. The average Bonchev–Trinajstić information content (AvgIpc) is 3.24. The molecule has 0 saturated heterocycles. The first-order valence-electron chi connectivity index (χ1n) is 25.1. The number of hydrogen-bond acceptors (Lipinski definition) is 9. The van der Waals surface area contributed by atoms with E-state index in [1.54, 1.807) is 0 Å². The highest BCUT2D eigenvalue weighted by molar-refractivity contribution is 7.47. The summed E-state index contributed by atoms with van der Waals surface area (Å²) in [5, 5.41) is 18.4. The van der Waals surface area contributed by atoms with E-state index in [9.17, 15) is 24.2 Å². The summed E-state index contributed by atoms with van der Waals surface area (Å²) >= 11 is 0. The van der Waals surface area contributed by atoms with Crippen LogP contribution in [0.2, 0.25) is 0 Å². The van der Waals surface area contributed by atoms with Crippen molar-refractivity contribution in [2.45, 2.75) is 264 Å². The molecule has 0 amide bonds. The SMILES string of the molecule is CCCCCCCC/C=C/CCCCCCCCCCCCCC(=O)O[C@H](COC(=O)CCCCCCCCCCCCCCCCCC)COP(=O)(O)OC[C@@H](O)CO. The van der Waals surface area contributed by atoms with Gasteiger partial charge in [-0.2, -0.15) is 0 Å². The molecule has 10 nitrogen and oxygen atoms in total. The van der Waals surface area contributed by atoms with E-state index in [2.05, 4.69) is 26.0 Å². The number of rotatable bonds is 48. The lowest BCUT2D eigenvalue weighted by Gasteiger charge is -2.20. The Hall–Kier alpha value is -1.29. The van der Waals surface area contributed by atoms with Crippen LogP contribution in [0.25, 0.3) is 0 Å². The topological polar surface area (TPSA) is 149 Å². The first kappa shape index (κ1) is 58.7. The van der Waals surface area contributed by atoms with Crippen LogP contribution in [0.3, 0.4) is 0 Å². The highest BCUT2D eigenvalue weighted by atomic mass is 31.2. The van der Waals surface area contributed by atoms with Gasteiger partial charge in [0.05, 0.1) is 19.8 Å². The molecule has 1 unspecified atom stereocenters. The Bertz CT molecular complexity index is 1010. The first-order chi connectivity index (χ1) is 29.2. The largest absolute Gasteiger partial charge is 0.472 e. The van der Waals surface area contributed by atoms with Gasteiger partial charge in [-0.1, -0.05) is 212 Å². The van der Waals surface area contributed by atoms with Crippen LogP contribution in [0, 0.1) is 0 Å². The highest BCUT2D eigenvalue weighted by Crippen LogP contribution is 2.43. The third-order valence-corrected chi connectivity index (χ3v) is 12.1. The lowest BCUT2D eigenvalue weighted by Crippen LogP contribution is -2.29. The van der Waals surface area contributed by atoms with E-state index in [1.807, 2.05) is 0 Å². The van der Waals surface area contributed by atoms with Crippen molar-refractivity contribution in [3.63, 3.8) is 0 Å². The normalized spacial score (nSPS) is 13.8. The first-order valence-corrected chi connectivity index (χ1v) is 26.6. The van der Waals surface area contributed by atoms with Gasteiger partial charge in [-0.25, -0.2) is 4.57 Å². The van der Waals surface area contributed by atoms with Gasteiger partial charge in [-0.05, 0) is 38.5 Å². The number of aliphatic hydroxyl groups excluding tert-OH is 2. The molecule has 0 fully saturated rings. The number of aliphatic hydroxyl groups is 2. The number of phosphoric ester groups is 1. The van der Waals surface area contributed by atoms with Crippen molar-refractivity contribution in [2.24, 2.45) is 0 Å². The van der Waals surface area contributed by atoms with Crippen LogP contribution in [0.15, 0.2) is 12.2 Å². The Morgan fingerprint density at radius 1 is 0.483 bits per heavy atom. The molecule has 0 heterocycles. The predicted octanol–water partition coefficient (Wildman–Crippen LogP) is 14.0. The van der Waals surface area contributed by atoms with E-state index >= 15 is 0 Å². The number of allylic oxidation sites excluding steroid dienone is 2. The van der Waals surface area contributed by atoms with Crippen molar-refractivity contribution in [2.75, 3.05) is 26.4 Å². The fourth-order valence-corrected chi connectivity index (χ4v) is 8.07. The summed E-state index contributed by atoms with van der Waals surface area (Å²) in [5.41, 5.74) is 0. The van der Waals surface area contributed by atoms with E-state index in [4.69, 9.17) is 23.6 Å². The third-order valence-electron chi connectivity index (χ3n) is 11.2. The number of ether oxygens (including phenoxy) is 2. The molecule has 0 radical (unpaired) electrons. The monoisotopic (exact) mass is 875 g/mol. The summed E-state index contributed by atoms with van der Waals surface area (Å²) in [4.78, 5) is 35.1. The Morgan fingerprint density at radius 3 is 1.20 bits per heavy atom. The molecule has 0 bridgehead atoms. The summed E-state index contributed by atoms with van der Waals surface area (Å²) in [6.45, 7) is 2.43. The van der Waals surface area contributed by atoms with Gasteiger partial charge in [0.2, 0.25) is 0 Å². The molecule has 0 aromatic heterocycles. The van der Waals surface area contributed by atoms with Crippen LogP contribution in [-0.2, 0) is 32.7 Å². The van der Waals surface area contributed by atoms with E-state index in [-0.39, 0.29) is 19.4 Å². The molecule has 0 saturated carbocycles. The number of carbonyl (C=O) groups is 2. The Labute approximate surface area is 368 Å². The van der Waals surface area contributed by atoms with Gasteiger partial charge in [0.15, 0.2) is 6.10 Å². The number of phosphoric acid groups is 1. The molecule has 0 aromatic carbocycles. The second-order valence-corrected chi connectivity index (χ2v) is 18.7. The van der Waals surface area contributed by atoms with Crippen LogP contribution < -0.4 is 0 Å². The van der Waals surface area contributed by atoms with Crippen LogP contribution in [-0.4, -0.2) is 65.7 Å². The zero-order chi connectivity index (χ0) is 44.0. The van der Waals surface area contributed by atoms with Crippen molar-refractivity contribution >= 4 is 19.8 Å². The standard InChI is InChI=1S/C49H95O10P/c1-3-5-7-9-11-13-15-17-19-21-22-23-24-25-27-29-31-33-35-37-39-41-49(53)59-47(45-58-60(54,55)57-43-46(51)42-50)44-56-48(52)40-38-36-34-32-30-28-26-20-18-16-14-12-10-8-6-4-2/h17,19,46-47,50-51H,3-16,18,20-45H2,1-2H3,(H,54,55)/b19-17+/t46-,47+/m0/s1. The molecule has 0 aliphatic rings. The van der Waals surface area contributed by atoms with Crippen molar-refractivity contribution in [1.29, 1.82) is 0 Å².